The Labute approximate surface area is 93.9 Å². The Bertz CT molecular complexity index is 382. The molecule has 0 heterocycles. The zero-order valence-electron chi connectivity index (χ0n) is 8.94. The van der Waals surface area contributed by atoms with Crippen LogP contribution in [0.5, 0.6) is 5.75 Å². The highest BCUT2D eigenvalue weighted by molar-refractivity contribution is 5.79. The molecule has 1 amide bonds. The van der Waals surface area contributed by atoms with Crippen molar-refractivity contribution in [3.63, 3.8) is 0 Å². The van der Waals surface area contributed by atoms with Gasteiger partial charge in [0.25, 0.3) is 0 Å². The van der Waals surface area contributed by atoms with E-state index in [1.54, 1.807) is 24.3 Å². The van der Waals surface area contributed by atoms with Gasteiger partial charge in [0.05, 0.1) is 18.6 Å². The van der Waals surface area contributed by atoms with Gasteiger partial charge in [-0.25, -0.2) is 0 Å². The molecule has 0 saturated heterocycles. The van der Waals surface area contributed by atoms with Crippen molar-refractivity contribution in [3.05, 3.63) is 29.8 Å². The fourth-order valence-electron chi connectivity index (χ4n) is 1.61. The van der Waals surface area contributed by atoms with E-state index in [0.717, 1.165) is 18.4 Å². The van der Waals surface area contributed by atoms with Gasteiger partial charge in [-0.15, -0.1) is 0 Å². The van der Waals surface area contributed by atoms with Gasteiger partial charge in [0.1, 0.15) is 5.75 Å². The Kier molecular flexibility index (Phi) is 2.83. The highest BCUT2D eigenvalue weighted by Crippen LogP contribution is 2.34. The molecule has 3 N–H and O–H groups in total. The van der Waals surface area contributed by atoms with Crippen LogP contribution in [0.15, 0.2) is 24.3 Å². The highest BCUT2D eigenvalue weighted by atomic mass is 16.3. The molecule has 2 rings (SSSR count). The SMILES string of the molecule is O=C(Cc1ccc(O)cc1)NC1(CO)CC1. The first-order chi connectivity index (χ1) is 7.63. The van der Waals surface area contributed by atoms with Gasteiger partial charge >= 0.3 is 0 Å². The largest absolute Gasteiger partial charge is 0.508 e. The second-order valence-corrected chi connectivity index (χ2v) is 4.33. The molecule has 4 nitrogen and oxygen atoms in total. The second-order valence-electron chi connectivity index (χ2n) is 4.33. The lowest BCUT2D eigenvalue weighted by Gasteiger charge is -2.14. The highest BCUT2D eigenvalue weighted by Gasteiger charge is 2.43. The number of carbonyl (C=O) groups is 1. The van der Waals surface area contributed by atoms with E-state index in [0.29, 0.717) is 0 Å². The molecule has 0 aliphatic heterocycles. The fraction of sp³-hybridized carbons (Fsp3) is 0.417. The Morgan fingerprint density at radius 2 is 1.94 bits per heavy atom. The number of aromatic hydroxyl groups is 1. The van der Waals surface area contributed by atoms with Crippen LogP contribution in [0.2, 0.25) is 0 Å². The first-order valence-corrected chi connectivity index (χ1v) is 5.33. The third-order valence-electron chi connectivity index (χ3n) is 2.86. The summed E-state index contributed by atoms with van der Waals surface area (Å²) in [5.41, 5.74) is 0.498. The number of phenolic OH excluding ortho intramolecular Hbond substituents is 1. The third kappa shape index (κ3) is 2.52. The maximum Gasteiger partial charge on any atom is 0.224 e. The lowest BCUT2D eigenvalue weighted by Crippen LogP contribution is -2.40. The minimum atomic E-state index is -0.353. The number of rotatable bonds is 4. The summed E-state index contributed by atoms with van der Waals surface area (Å²) in [5.74, 6) is 0.107. The summed E-state index contributed by atoms with van der Waals surface area (Å²) < 4.78 is 0. The smallest absolute Gasteiger partial charge is 0.224 e. The quantitative estimate of drug-likeness (QED) is 0.696. The van der Waals surface area contributed by atoms with E-state index in [1.165, 1.54) is 0 Å². The minimum absolute atomic E-state index is 0.00825. The van der Waals surface area contributed by atoms with Crippen molar-refractivity contribution in [1.29, 1.82) is 0 Å². The van der Waals surface area contributed by atoms with Crippen LogP contribution < -0.4 is 5.32 Å². The van der Waals surface area contributed by atoms with Crippen LogP contribution in [0.1, 0.15) is 18.4 Å². The monoisotopic (exact) mass is 221 g/mol. The Hall–Kier alpha value is -1.55. The first-order valence-electron chi connectivity index (χ1n) is 5.33. The predicted molar refractivity (Wildman–Crippen MR) is 59.0 cm³/mol. The molecule has 0 bridgehead atoms. The first kappa shape index (κ1) is 11.0. The number of amides is 1. The fourth-order valence-corrected chi connectivity index (χ4v) is 1.61. The molecule has 1 aromatic rings. The number of hydrogen-bond acceptors (Lipinski definition) is 3. The summed E-state index contributed by atoms with van der Waals surface area (Å²) in [6.07, 6.45) is 1.98. The molecule has 4 heteroatoms. The maximum atomic E-state index is 11.6. The van der Waals surface area contributed by atoms with Crippen molar-refractivity contribution in [2.75, 3.05) is 6.61 Å². The molecule has 1 saturated carbocycles. The van der Waals surface area contributed by atoms with E-state index in [1.807, 2.05) is 0 Å². The summed E-state index contributed by atoms with van der Waals surface area (Å²) in [6, 6.07) is 6.55. The molecule has 86 valence electrons. The Balaban J connectivity index is 1.90. The second kappa shape index (κ2) is 4.14. The number of aliphatic hydroxyl groups excluding tert-OH is 1. The molecule has 16 heavy (non-hydrogen) atoms. The van der Waals surface area contributed by atoms with Crippen LogP contribution in [0, 0.1) is 0 Å². The minimum Gasteiger partial charge on any atom is -0.508 e. The van der Waals surface area contributed by atoms with E-state index in [-0.39, 0.29) is 30.2 Å². The van der Waals surface area contributed by atoms with E-state index in [2.05, 4.69) is 5.32 Å². The van der Waals surface area contributed by atoms with Crippen molar-refractivity contribution in [2.24, 2.45) is 0 Å². The average Bonchev–Trinajstić information content (AvgIpc) is 3.02. The van der Waals surface area contributed by atoms with Crippen LogP contribution in [-0.4, -0.2) is 28.3 Å². The van der Waals surface area contributed by atoms with Gasteiger partial charge < -0.3 is 15.5 Å². The molecule has 0 atom stereocenters. The van der Waals surface area contributed by atoms with Crippen molar-refractivity contribution in [3.8, 4) is 5.75 Å². The number of aliphatic hydroxyl groups is 1. The van der Waals surface area contributed by atoms with Gasteiger partial charge in [0.2, 0.25) is 5.91 Å². The van der Waals surface area contributed by atoms with Crippen LogP contribution in [0.4, 0.5) is 0 Å². The number of carbonyl (C=O) groups excluding carboxylic acids is 1. The topological polar surface area (TPSA) is 69.6 Å². The van der Waals surface area contributed by atoms with E-state index in [9.17, 15) is 4.79 Å². The van der Waals surface area contributed by atoms with Crippen LogP contribution >= 0.6 is 0 Å². The molecule has 1 fully saturated rings. The summed E-state index contributed by atoms with van der Waals surface area (Å²) >= 11 is 0. The molecule has 0 unspecified atom stereocenters. The number of hydrogen-bond donors (Lipinski definition) is 3. The normalized spacial score (nSPS) is 16.8. The standard InChI is InChI=1S/C12H15NO3/c14-8-12(5-6-12)13-11(16)7-9-1-3-10(15)4-2-9/h1-4,14-15H,5-8H2,(H,13,16). The summed E-state index contributed by atoms with van der Waals surface area (Å²) in [6.45, 7) is 0.00825. The van der Waals surface area contributed by atoms with Gasteiger partial charge in [-0.1, -0.05) is 12.1 Å². The van der Waals surface area contributed by atoms with Gasteiger partial charge in [0.15, 0.2) is 0 Å². The molecule has 0 aromatic heterocycles. The van der Waals surface area contributed by atoms with Crippen LogP contribution in [-0.2, 0) is 11.2 Å². The molecular weight excluding hydrogens is 206 g/mol. The van der Waals surface area contributed by atoms with Crippen molar-refractivity contribution >= 4 is 5.91 Å². The predicted octanol–water partition coefficient (Wildman–Crippen LogP) is 0.576. The summed E-state index contributed by atoms with van der Waals surface area (Å²) in [4.78, 5) is 11.6. The van der Waals surface area contributed by atoms with Gasteiger partial charge in [-0.3, -0.25) is 4.79 Å². The zero-order valence-corrected chi connectivity index (χ0v) is 8.94. The molecular formula is C12H15NO3. The van der Waals surface area contributed by atoms with Gasteiger partial charge in [0, 0.05) is 0 Å². The number of benzene rings is 1. The Morgan fingerprint density at radius 3 is 2.44 bits per heavy atom. The molecule has 1 aliphatic carbocycles. The van der Waals surface area contributed by atoms with Crippen LogP contribution in [0.3, 0.4) is 0 Å². The van der Waals surface area contributed by atoms with Crippen molar-refractivity contribution in [2.45, 2.75) is 24.8 Å². The van der Waals surface area contributed by atoms with E-state index >= 15 is 0 Å². The molecule has 0 spiro atoms. The van der Waals surface area contributed by atoms with Gasteiger partial charge in [-0.2, -0.15) is 0 Å². The van der Waals surface area contributed by atoms with Crippen molar-refractivity contribution in [1.82, 2.24) is 5.32 Å². The summed E-state index contributed by atoms with van der Waals surface area (Å²) in [5, 5.41) is 21.0. The van der Waals surface area contributed by atoms with Gasteiger partial charge in [-0.05, 0) is 30.5 Å². The number of nitrogens with one attached hydrogen (secondary N) is 1. The molecule has 1 aromatic carbocycles. The van der Waals surface area contributed by atoms with Crippen molar-refractivity contribution < 1.29 is 15.0 Å². The zero-order chi connectivity index (χ0) is 11.6. The van der Waals surface area contributed by atoms with E-state index in [4.69, 9.17) is 10.2 Å². The molecule has 0 radical (unpaired) electrons. The number of phenols is 1. The maximum absolute atomic E-state index is 11.6. The third-order valence-corrected chi connectivity index (χ3v) is 2.86. The molecule has 1 aliphatic rings. The van der Waals surface area contributed by atoms with Crippen LogP contribution in [0.25, 0.3) is 0 Å². The van der Waals surface area contributed by atoms with E-state index < -0.39 is 0 Å². The Morgan fingerprint density at radius 1 is 1.31 bits per heavy atom. The lowest BCUT2D eigenvalue weighted by atomic mass is 10.1. The summed E-state index contributed by atoms with van der Waals surface area (Å²) in [7, 11) is 0. The average molecular weight is 221 g/mol. The lowest BCUT2D eigenvalue weighted by molar-refractivity contribution is -0.121.